The van der Waals surface area contributed by atoms with E-state index < -0.39 is 0 Å². The van der Waals surface area contributed by atoms with Crippen LogP contribution < -0.4 is 5.32 Å². The number of anilines is 1. The molecule has 0 saturated heterocycles. The van der Waals surface area contributed by atoms with E-state index in [4.69, 9.17) is 0 Å². The molecule has 0 aliphatic heterocycles. The number of nitrogens with one attached hydrogen (secondary N) is 1. The van der Waals surface area contributed by atoms with Crippen LogP contribution in [-0.2, 0) is 11.3 Å². The van der Waals surface area contributed by atoms with Crippen LogP contribution in [0.15, 0.2) is 67.0 Å². The lowest BCUT2D eigenvalue weighted by Crippen LogP contribution is -2.35. The summed E-state index contributed by atoms with van der Waals surface area (Å²) in [6, 6.07) is 19.4. The predicted octanol–water partition coefficient (Wildman–Crippen LogP) is 2.96. The second-order valence-electron chi connectivity index (χ2n) is 6.14. The Balaban J connectivity index is 1.79. The summed E-state index contributed by atoms with van der Waals surface area (Å²) < 4.78 is 1.83. The number of amides is 1. The Hall–Kier alpha value is -2.99. The summed E-state index contributed by atoms with van der Waals surface area (Å²) in [4.78, 5) is 15.0. The quantitative estimate of drug-likeness (QED) is 0.712. The van der Waals surface area contributed by atoms with Gasteiger partial charge in [0, 0.05) is 0 Å². The summed E-state index contributed by atoms with van der Waals surface area (Å²) in [5.41, 5.74) is 2.07. The van der Waals surface area contributed by atoms with E-state index in [1.54, 1.807) is 6.33 Å². The van der Waals surface area contributed by atoms with Gasteiger partial charge in [-0.15, -0.1) is 10.2 Å². The summed E-state index contributed by atoms with van der Waals surface area (Å²) in [5, 5.41) is 11.0. The van der Waals surface area contributed by atoms with Crippen molar-refractivity contribution >= 4 is 11.9 Å². The van der Waals surface area contributed by atoms with E-state index in [1.807, 2.05) is 84.1 Å². The molecule has 0 spiro atoms. The zero-order valence-electron chi connectivity index (χ0n) is 15.0. The van der Waals surface area contributed by atoms with Crippen LogP contribution in [-0.4, -0.2) is 39.2 Å². The molecule has 0 fully saturated rings. The van der Waals surface area contributed by atoms with E-state index in [9.17, 15) is 4.79 Å². The fourth-order valence-corrected chi connectivity index (χ4v) is 2.85. The van der Waals surface area contributed by atoms with Gasteiger partial charge in [-0.25, -0.2) is 0 Å². The maximum absolute atomic E-state index is 13.0. The molecule has 1 N–H and O–H groups in total. The summed E-state index contributed by atoms with van der Waals surface area (Å²) in [6.07, 6.45) is 1.63. The first-order valence-electron chi connectivity index (χ1n) is 8.66. The van der Waals surface area contributed by atoms with Crippen molar-refractivity contribution in [2.75, 3.05) is 18.9 Å². The molecular weight excluding hydrogens is 326 g/mol. The molecule has 6 nitrogen and oxygen atoms in total. The first-order chi connectivity index (χ1) is 12.7. The first-order valence-corrected chi connectivity index (χ1v) is 8.66. The molecule has 1 amide bonds. The minimum absolute atomic E-state index is 0.122. The smallest absolute Gasteiger partial charge is 0.248 e. The van der Waals surface area contributed by atoms with Crippen LogP contribution in [0, 0.1) is 0 Å². The molecular formula is C20H23N5O. The Morgan fingerprint density at radius 1 is 1.12 bits per heavy atom. The molecule has 1 aromatic heterocycles. The van der Waals surface area contributed by atoms with Gasteiger partial charge in [0.2, 0.25) is 11.9 Å². The van der Waals surface area contributed by atoms with Gasteiger partial charge in [-0.3, -0.25) is 19.6 Å². The van der Waals surface area contributed by atoms with Crippen molar-refractivity contribution in [3.05, 3.63) is 78.1 Å². The number of rotatable bonds is 7. The minimum Gasteiger partial charge on any atom is -0.295 e. The van der Waals surface area contributed by atoms with Gasteiger partial charge in [-0.1, -0.05) is 67.6 Å². The van der Waals surface area contributed by atoms with Crippen LogP contribution in [0.4, 0.5) is 5.95 Å². The summed E-state index contributed by atoms with van der Waals surface area (Å²) in [7, 11) is 1.94. The summed E-state index contributed by atoms with van der Waals surface area (Å²) >= 11 is 0. The molecule has 1 unspecified atom stereocenters. The first kappa shape index (κ1) is 17.8. The van der Waals surface area contributed by atoms with Gasteiger partial charge in [0.05, 0.1) is 6.54 Å². The zero-order valence-corrected chi connectivity index (χ0v) is 15.0. The molecule has 0 aliphatic carbocycles. The molecule has 6 heteroatoms. The molecule has 0 aliphatic rings. The average Bonchev–Trinajstić information content (AvgIpc) is 3.10. The van der Waals surface area contributed by atoms with Crippen LogP contribution in [0.25, 0.3) is 0 Å². The van der Waals surface area contributed by atoms with Crippen molar-refractivity contribution < 1.29 is 4.79 Å². The van der Waals surface area contributed by atoms with Crippen LogP contribution in [0.1, 0.15) is 24.1 Å². The van der Waals surface area contributed by atoms with Crippen LogP contribution in [0.5, 0.6) is 0 Å². The molecule has 134 valence electrons. The lowest BCUT2D eigenvalue weighted by Gasteiger charge is -2.26. The van der Waals surface area contributed by atoms with Crippen LogP contribution in [0.2, 0.25) is 0 Å². The third kappa shape index (κ3) is 4.15. The molecule has 0 bridgehead atoms. The van der Waals surface area contributed by atoms with E-state index in [-0.39, 0.29) is 11.9 Å². The average molecular weight is 349 g/mol. The SMILES string of the molecule is CCN(C)C(C(=O)Nc1nncn1Cc1ccccc1)c1ccccc1. The van der Waals surface area contributed by atoms with Gasteiger partial charge in [0.25, 0.3) is 0 Å². The largest absolute Gasteiger partial charge is 0.295 e. The molecule has 1 atom stereocenters. The standard InChI is InChI=1S/C20H23N5O/c1-3-24(2)18(17-12-8-5-9-13-17)19(26)22-20-23-21-15-25(20)14-16-10-6-4-7-11-16/h4-13,15,18H,3,14H2,1-2H3,(H,22,23,26). The number of nitrogens with zero attached hydrogens (tertiary/aromatic N) is 4. The van der Waals surface area contributed by atoms with Gasteiger partial charge < -0.3 is 0 Å². The van der Waals surface area contributed by atoms with Gasteiger partial charge >= 0.3 is 0 Å². The molecule has 0 radical (unpaired) electrons. The highest BCUT2D eigenvalue weighted by Crippen LogP contribution is 2.21. The van der Waals surface area contributed by atoms with Crippen molar-refractivity contribution in [2.24, 2.45) is 0 Å². The van der Waals surface area contributed by atoms with Crippen molar-refractivity contribution in [3.63, 3.8) is 0 Å². The topological polar surface area (TPSA) is 63.1 Å². The number of aromatic nitrogens is 3. The molecule has 1 heterocycles. The second-order valence-corrected chi connectivity index (χ2v) is 6.14. The third-order valence-electron chi connectivity index (χ3n) is 4.35. The normalized spacial score (nSPS) is 12.1. The second kappa shape index (κ2) is 8.40. The lowest BCUT2D eigenvalue weighted by molar-refractivity contribution is -0.121. The number of likely N-dealkylation sites (N-methyl/N-ethyl adjacent to an activating group) is 1. The molecule has 3 rings (SSSR count). The Kier molecular flexibility index (Phi) is 5.76. The summed E-state index contributed by atoms with van der Waals surface area (Å²) in [5.74, 6) is 0.326. The maximum atomic E-state index is 13.0. The summed E-state index contributed by atoms with van der Waals surface area (Å²) in [6.45, 7) is 3.38. The molecule has 26 heavy (non-hydrogen) atoms. The Bertz CT molecular complexity index is 832. The zero-order chi connectivity index (χ0) is 18.4. The number of benzene rings is 2. The van der Waals surface area contributed by atoms with Gasteiger partial charge in [0.1, 0.15) is 12.4 Å². The fourth-order valence-electron chi connectivity index (χ4n) is 2.85. The molecule has 0 saturated carbocycles. The highest BCUT2D eigenvalue weighted by atomic mass is 16.2. The minimum atomic E-state index is -0.386. The van der Waals surface area contributed by atoms with Crippen LogP contribution >= 0.6 is 0 Å². The van der Waals surface area contributed by atoms with Gasteiger partial charge in [0.15, 0.2) is 0 Å². The third-order valence-corrected chi connectivity index (χ3v) is 4.35. The van der Waals surface area contributed by atoms with E-state index >= 15 is 0 Å². The number of hydrogen-bond acceptors (Lipinski definition) is 4. The van der Waals surface area contributed by atoms with Gasteiger partial charge in [-0.2, -0.15) is 0 Å². The highest BCUT2D eigenvalue weighted by molar-refractivity contribution is 5.94. The van der Waals surface area contributed by atoms with E-state index in [2.05, 4.69) is 15.5 Å². The van der Waals surface area contributed by atoms with Crippen molar-refractivity contribution in [3.8, 4) is 0 Å². The Morgan fingerprint density at radius 3 is 2.42 bits per heavy atom. The number of hydrogen-bond donors (Lipinski definition) is 1. The van der Waals surface area contributed by atoms with Crippen LogP contribution in [0.3, 0.4) is 0 Å². The number of carbonyl (C=O) groups is 1. The predicted molar refractivity (Wildman–Crippen MR) is 102 cm³/mol. The van der Waals surface area contributed by atoms with Crippen molar-refractivity contribution in [2.45, 2.75) is 19.5 Å². The van der Waals surface area contributed by atoms with E-state index in [0.717, 1.165) is 17.7 Å². The highest BCUT2D eigenvalue weighted by Gasteiger charge is 2.25. The van der Waals surface area contributed by atoms with Crippen molar-refractivity contribution in [1.82, 2.24) is 19.7 Å². The monoisotopic (exact) mass is 349 g/mol. The van der Waals surface area contributed by atoms with Gasteiger partial charge in [-0.05, 0) is 24.7 Å². The molecule has 2 aromatic carbocycles. The van der Waals surface area contributed by atoms with Crippen molar-refractivity contribution in [1.29, 1.82) is 0 Å². The van der Waals surface area contributed by atoms with E-state index in [1.165, 1.54) is 0 Å². The maximum Gasteiger partial charge on any atom is 0.248 e. The lowest BCUT2D eigenvalue weighted by atomic mass is 10.1. The Morgan fingerprint density at radius 2 is 1.77 bits per heavy atom. The Labute approximate surface area is 153 Å². The molecule has 3 aromatic rings. The van der Waals surface area contributed by atoms with E-state index in [0.29, 0.717) is 12.5 Å². The number of carbonyl (C=O) groups excluding carboxylic acids is 1. The fraction of sp³-hybridized carbons (Fsp3) is 0.250.